The van der Waals surface area contributed by atoms with Gasteiger partial charge in [-0.1, -0.05) is 30.3 Å². The van der Waals surface area contributed by atoms with Crippen LogP contribution in [0.25, 0.3) is 22.2 Å². The van der Waals surface area contributed by atoms with Crippen LogP contribution in [0.1, 0.15) is 19.4 Å². The molecule has 3 aromatic rings. The maximum Gasteiger partial charge on any atom is 0.129 e. The molecular formula is C19H19NO2. The summed E-state index contributed by atoms with van der Waals surface area (Å²) in [6.07, 6.45) is 0.0826. The summed E-state index contributed by atoms with van der Waals surface area (Å²) in [5, 5.41) is 10.8. The summed E-state index contributed by atoms with van der Waals surface area (Å²) in [6, 6.07) is 17.7. The van der Waals surface area contributed by atoms with Crippen molar-refractivity contribution >= 4 is 10.9 Å². The van der Waals surface area contributed by atoms with E-state index in [1.54, 1.807) is 0 Å². The van der Waals surface area contributed by atoms with E-state index in [0.717, 1.165) is 33.5 Å². The molecule has 1 N–H and O–H groups in total. The van der Waals surface area contributed by atoms with Gasteiger partial charge in [-0.2, -0.15) is 0 Å². The lowest BCUT2D eigenvalue weighted by Gasteiger charge is -2.16. The van der Waals surface area contributed by atoms with Gasteiger partial charge in [0.25, 0.3) is 0 Å². The molecule has 0 saturated carbocycles. The molecule has 0 fully saturated rings. The zero-order valence-corrected chi connectivity index (χ0v) is 12.8. The Morgan fingerprint density at radius 1 is 1.05 bits per heavy atom. The minimum atomic E-state index is -0.0524. The Hall–Kier alpha value is -2.39. The van der Waals surface area contributed by atoms with Gasteiger partial charge in [0.1, 0.15) is 5.75 Å². The molecule has 22 heavy (non-hydrogen) atoms. The van der Waals surface area contributed by atoms with Crippen molar-refractivity contribution in [3.63, 3.8) is 0 Å². The molecule has 0 amide bonds. The Balaban J connectivity index is 2.21. The number of nitrogens with zero attached hydrogens (tertiary/aromatic N) is 1. The molecule has 2 aromatic carbocycles. The van der Waals surface area contributed by atoms with E-state index in [4.69, 9.17) is 9.72 Å². The van der Waals surface area contributed by atoms with Crippen LogP contribution < -0.4 is 4.74 Å². The lowest BCUT2D eigenvalue weighted by molar-refractivity contribution is 0.243. The third kappa shape index (κ3) is 2.81. The topological polar surface area (TPSA) is 42.4 Å². The number of benzene rings is 2. The van der Waals surface area contributed by atoms with Crippen LogP contribution in [0.3, 0.4) is 0 Å². The predicted octanol–water partition coefficient (Wildman–Crippen LogP) is 4.18. The molecule has 1 heterocycles. The molecule has 0 aliphatic rings. The Morgan fingerprint density at radius 3 is 2.55 bits per heavy atom. The maximum absolute atomic E-state index is 9.73. The summed E-state index contributed by atoms with van der Waals surface area (Å²) in [5.74, 6) is 0.787. The van der Waals surface area contributed by atoms with Crippen LogP contribution >= 0.6 is 0 Å². The highest BCUT2D eigenvalue weighted by Gasteiger charge is 2.13. The summed E-state index contributed by atoms with van der Waals surface area (Å²) in [5.41, 5.74) is 3.40. The van der Waals surface area contributed by atoms with Crippen LogP contribution in [0, 0.1) is 0 Å². The molecular weight excluding hydrogens is 274 g/mol. The Labute approximate surface area is 130 Å². The van der Waals surface area contributed by atoms with Crippen molar-refractivity contribution in [2.75, 3.05) is 0 Å². The number of fused-ring (bicyclic) bond motifs is 1. The number of hydrogen-bond donors (Lipinski definition) is 1. The van der Waals surface area contributed by atoms with E-state index >= 15 is 0 Å². The highest BCUT2D eigenvalue weighted by molar-refractivity contribution is 5.84. The number of aliphatic hydroxyl groups is 1. The van der Waals surface area contributed by atoms with Crippen molar-refractivity contribution in [2.45, 2.75) is 26.6 Å². The summed E-state index contributed by atoms with van der Waals surface area (Å²) in [6.45, 7) is 3.94. The van der Waals surface area contributed by atoms with Crippen LogP contribution in [-0.4, -0.2) is 16.2 Å². The van der Waals surface area contributed by atoms with Crippen molar-refractivity contribution in [1.82, 2.24) is 4.98 Å². The molecule has 0 atom stereocenters. The SMILES string of the molecule is CC(C)Oc1ccccc1-c1nc2ccccc2cc1CO. The Kier molecular flexibility index (Phi) is 4.07. The van der Waals surface area contributed by atoms with Crippen LogP contribution in [0.15, 0.2) is 54.6 Å². The molecule has 0 aliphatic heterocycles. The van der Waals surface area contributed by atoms with Gasteiger partial charge in [0.15, 0.2) is 0 Å². The summed E-state index contributed by atoms with van der Waals surface area (Å²) < 4.78 is 5.89. The average molecular weight is 293 g/mol. The van der Waals surface area contributed by atoms with Gasteiger partial charge >= 0.3 is 0 Å². The summed E-state index contributed by atoms with van der Waals surface area (Å²) >= 11 is 0. The molecule has 0 radical (unpaired) electrons. The maximum atomic E-state index is 9.73. The molecule has 3 heteroatoms. The number of aliphatic hydroxyl groups excluding tert-OH is 1. The zero-order valence-electron chi connectivity index (χ0n) is 12.8. The monoisotopic (exact) mass is 293 g/mol. The number of ether oxygens (including phenoxy) is 1. The van der Waals surface area contributed by atoms with Crippen LogP contribution in [0.2, 0.25) is 0 Å². The van der Waals surface area contributed by atoms with Crippen LogP contribution in [0.5, 0.6) is 5.75 Å². The number of aromatic nitrogens is 1. The number of hydrogen-bond acceptors (Lipinski definition) is 3. The van der Waals surface area contributed by atoms with Gasteiger partial charge in [0.05, 0.1) is 23.9 Å². The van der Waals surface area contributed by atoms with E-state index in [0.29, 0.717) is 0 Å². The van der Waals surface area contributed by atoms with E-state index < -0.39 is 0 Å². The molecule has 0 spiro atoms. The number of para-hydroxylation sites is 2. The first-order valence-electron chi connectivity index (χ1n) is 7.44. The molecule has 1 aromatic heterocycles. The van der Waals surface area contributed by atoms with E-state index in [1.165, 1.54) is 0 Å². The lowest BCUT2D eigenvalue weighted by atomic mass is 10.0. The minimum absolute atomic E-state index is 0.0524. The zero-order chi connectivity index (χ0) is 15.5. The van der Waals surface area contributed by atoms with Gasteiger partial charge in [-0.15, -0.1) is 0 Å². The summed E-state index contributed by atoms with van der Waals surface area (Å²) in [4.78, 5) is 4.74. The average Bonchev–Trinajstić information content (AvgIpc) is 2.53. The van der Waals surface area contributed by atoms with Crippen molar-refractivity contribution in [3.8, 4) is 17.0 Å². The molecule has 3 rings (SSSR count). The normalized spacial score (nSPS) is 11.1. The van der Waals surface area contributed by atoms with Crippen molar-refractivity contribution < 1.29 is 9.84 Å². The fourth-order valence-electron chi connectivity index (χ4n) is 2.53. The van der Waals surface area contributed by atoms with Crippen molar-refractivity contribution in [3.05, 3.63) is 60.2 Å². The molecule has 112 valence electrons. The number of rotatable bonds is 4. The molecule has 0 bridgehead atoms. The van der Waals surface area contributed by atoms with Crippen LogP contribution in [0.4, 0.5) is 0 Å². The third-order valence-corrected chi connectivity index (χ3v) is 3.48. The highest BCUT2D eigenvalue weighted by Crippen LogP contribution is 2.33. The fourth-order valence-corrected chi connectivity index (χ4v) is 2.53. The lowest BCUT2D eigenvalue weighted by Crippen LogP contribution is -2.07. The quantitative estimate of drug-likeness (QED) is 0.784. The van der Waals surface area contributed by atoms with Crippen molar-refractivity contribution in [2.24, 2.45) is 0 Å². The number of pyridine rings is 1. The Bertz CT molecular complexity index is 796. The van der Waals surface area contributed by atoms with Gasteiger partial charge in [0, 0.05) is 16.5 Å². The fraction of sp³-hybridized carbons (Fsp3) is 0.211. The second-order valence-electron chi connectivity index (χ2n) is 5.51. The molecule has 3 nitrogen and oxygen atoms in total. The van der Waals surface area contributed by atoms with Gasteiger partial charge in [-0.05, 0) is 38.1 Å². The first-order chi connectivity index (χ1) is 10.7. The molecule has 0 unspecified atom stereocenters. The van der Waals surface area contributed by atoms with Crippen LogP contribution in [-0.2, 0) is 6.61 Å². The first kappa shape index (κ1) is 14.5. The Morgan fingerprint density at radius 2 is 1.77 bits per heavy atom. The molecule has 0 saturated heterocycles. The summed E-state index contributed by atoms with van der Waals surface area (Å²) in [7, 11) is 0. The smallest absolute Gasteiger partial charge is 0.129 e. The predicted molar refractivity (Wildman–Crippen MR) is 88.9 cm³/mol. The van der Waals surface area contributed by atoms with Gasteiger partial charge in [0.2, 0.25) is 0 Å². The van der Waals surface area contributed by atoms with E-state index in [1.807, 2.05) is 68.4 Å². The highest BCUT2D eigenvalue weighted by atomic mass is 16.5. The third-order valence-electron chi connectivity index (χ3n) is 3.48. The van der Waals surface area contributed by atoms with Gasteiger partial charge in [-0.25, -0.2) is 4.98 Å². The molecule has 0 aliphatic carbocycles. The van der Waals surface area contributed by atoms with Gasteiger partial charge < -0.3 is 9.84 Å². The van der Waals surface area contributed by atoms with Crippen molar-refractivity contribution in [1.29, 1.82) is 0 Å². The van der Waals surface area contributed by atoms with E-state index in [-0.39, 0.29) is 12.7 Å². The minimum Gasteiger partial charge on any atom is -0.490 e. The largest absolute Gasteiger partial charge is 0.490 e. The second-order valence-corrected chi connectivity index (χ2v) is 5.51. The van der Waals surface area contributed by atoms with E-state index in [9.17, 15) is 5.11 Å². The van der Waals surface area contributed by atoms with Gasteiger partial charge in [-0.3, -0.25) is 0 Å². The van der Waals surface area contributed by atoms with E-state index in [2.05, 4.69) is 0 Å². The first-order valence-corrected chi connectivity index (χ1v) is 7.44. The second kappa shape index (κ2) is 6.16. The standard InChI is InChI=1S/C19H19NO2/c1-13(2)22-18-10-6-4-8-16(18)19-15(12-21)11-14-7-3-5-9-17(14)20-19/h3-11,13,21H,12H2,1-2H3.